The summed E-state index contributed by atoms with van der Waals surface area (Å²) in [5.41, 5.74) is 3.72. The van der Waals surface area contributed by atoms with Crippen molar-refractivity contribution in [1.29, 1.82) is 0 Å². The number of esters is 1. The lowest BCUT2D eigenvalue weighted by Gasteiger charge is -2.38. The molecule has 0 spiro atoms. The molecule has 0 aromatic heterocycles. The number of nitrogens with zero attached hydrogens (tertiary/aromatic N) is 1. The normalized spacial score (nSPS) is 23.1. The van der Waals surface area contributed by atoms with Crippen LogP contribution in [0.2, 0.25) is 0 Å². The maximum Gasteiger partial charge on any atom is 0.325 e. The molecule has 218 valence electrons. The van der Waals surface area contributed by atoms with Crippen LogP contribution in [0, 0.1) is 0 Å². The van der Waals surface area contributed by atoms with E-state index >= 15 is 0 Å². The number of aliphatic hydroxyl groups is 1. The standard InChI is InChI=1S/C30H41N3O7/c1-3-38-28(35)17-32-30(36)31-16-21-6-12-24(13-7-21)29-39-26(18-33-14-4-5-25(33)20-37-2)15-27(40-29)23-10-8-22(19-34)9-11-23/h6-13,25-27,29,34H,3-5,14-20H2,1-2H3,(H2,31,32,36)/t25-,26+,27-,29-/m0/s1. The number of likely N-dealkylation sites (tertiary alicyclic amines) is 1. The van der Waals surface area contributed by atoms with Crippen molar-refractivity contribution >= 4 is 12.0 Å². The second kappa shape index (κ2) is 15.1. The summed E-state index contributed by atoms with van der Waals surface area (Å²) in [7, 11) is 1.75. The van der Waals surface area contributed by atoms with Crippen molar-refractivity contribution in [2.75, 3.05) is 40.0 Å². The number of rotatable bonds is 12. The smallest absolute Gasteiger partial charge is 0.325 e. The topological polar surface area (TPSA) is 119 Å². The zero-order valence-electron chi connectivity index (χ0n) is 23.3. The number of ether oxygens (including phenoxy) is 4. The first kappa shape index (κ1) is 30.0. The highest BCUT2D eigenvalue weighted by Crippen LogP contribution is 2.38. The number of aliphatic hydroxyl groups excluding tert-OH is 1. The molecular formula is C30H41N3O7. The number of urea groups is 1. The van der Waals surface area contributed by atoms with Gasteiger partial charge in [-0.25, -0.2) is 4.79 Å². The van der Waals surface area contributed by atoms with Gasteiger partial charge in [0.1, 0.15) is 6.54 Å². The van der Waals surface area contributed by atoms with E-state index in [1.54, 1.807) is 14.0 Å². The van der Waals surface area contributed by atoms with E-state index in [2.05, 4.69) is 15.5 Å². The van der Waals surface area contributed by atoms with Crippen LogP contribution in [0.1, 0.15) is 60.8 Å². The molecule has 4 atom stereocenters. The Morgan fingerprint density at radius 1 is 1.02 bits per heavy atom. The van der Waals surface area contributed by atoms with Crippen molar-refractivity contribution in [3.8, 4) is 0 Å². The molecule has 40 heavy (non-hydrogen) atoms. The molecule has 2 aliphatic heterocycles. The van der Waals surface area contributed by atoms with Crippen LogP contribution in [0.3, 0.4) is 0 Å². The summed E-state index contributed by atoms with van der Waals surface area (Å²) >= 11 is 0. The third kappa shape index (κ3) is 8.49. The minimum Gasteiger partial charge on any atom is -0.465 e. The van der Waals surface area contributed by atoms with Gasteiger partial charge in [-0.3, -0.25) is 9.69 Å². The molecule has 0 aliphatic carbocycles. The van der Waals surface area contributed by atoms with Gasteiger partial charge in [0.2, 0.25) is 0 Å². The number of methoxy groups -OCH3 is 1. The first-order valence-corrected chi connectivity index (χ1v) is 14.0. The van der Waals surface area contributed by atoms with Gasteiger partial charge in [0, 0.05) is 38.2 Å². The molecule has 2 aliphatic rings. The molecule has 0 bridgehead atoms. The number of hydrogen-bond donors (Lipinski definition) is 3. The van der Waals surface area contributed by atoms with E-state index in [1.807, 2.05) is 48.5 Å². The van der Waals surface area contributed by atoms with Crippen molar-refractivity contribution in [2.45, 2.75) is 63.9 Å². The number of amides is 2. The lowest BCUT2D eigenvalue weighted by molar-refractivity contribution is -0.253. The first-order chi connectivity index (χ1) is 19.5. The average Bonchev–Trinajstić information content (AvgIpc) is 3.41. The Labute approximate surface area is 235 Å². The molecule has 4 rings (SSSR count). The Bertz CT molecular complexity index is 1080. The highest BCUT2D eigenvalue weighted by molar-refractivity contribution is 5.80. The molecule has 3 N–H and O–H groups in total. The van der Waals surface area contributed by atoms with Gasteiger partial charge in [-0.2, -0.15) is 0 Å². The summed E-state index contributed by atoms with van der Waals surface area (Å²) in [5, 5.41) is 14.7. The highest BCUT2D eigenvalue weighted by atomic mass is 16.7. The summed E-state index contributed by atoms with van der Waals surface area (Å²) in [6, 6.07) is 15.6. The number of benzene rings is 2. The minimum atomic E-state index is -0.542. The van der Waals surface area contributed by atoms with Crippen molar-refractivity contribution in [3.05, 3.63) is 70.8 Å². The Balaban J connectivity index is 1.40. The highest BCUT2D eigenvalue weighted by Gasteiger charge is 2.35. The fraction of sp³-hybridized carbons (Fsp3) is 0.533. The van der Waals surface area contributed by atoms with Crippen LogP contribution in [-0.4, -0.2) is 74.1 Å². The monoisotopic (exact) mass is 555 g/mol. The molecule has 2 saturated heterocycles. The predicted octanol–water partition coefficient (Wildman–Crippen LogP) is 3.20. The van der Waals surface area contributed by atoms with Gasteiger partial charge in [-0.15, -0.1) is 0 Å². The first-order valence-electron chi connectivity index (χ1n) is 14.0. The van der Waals surface area contributed by atoms with Gasteiger partial charge in [0.15, 0.2) is 6.29 Å². The van der Waals surface area contributed by atoms with E-state index in [9.17, 15) is 14.7 Å². The molecular weight excluding hydrogens is 514 g/mol. The maximum absolute atomic E-state index is 12.0. The molecule has 2 amide bonds. The third-order valence-corrected chi connectivity index (χ3v) is 7.31. The second-order valence-electron chi connectivity index (χ2n) is 10.2. The number of carbonyl (C=O) groups is 2. The van der Waals surface area contributed by atoms with E-state index in [-0.39, 0.29) is 32.0 Å². The van der Waals surface area contributed by atoms with Crippen LogP contribution in [-0.2, 0) is 36.9 Å². The van der Waals surface area contributed by atoms with Crippen LogP contribution in [0.15, 0.2) is 48.5 Å². The van der Waals surface area contributed by atoms with Gasteiger partial charge in [-0.1, -0.05) is 48.5 Å². The molecule has 2 aromatic rings. The van der Waals surface area contributed by atoms with Gasteiger partial charge < -0.3 is 34.7 Å². The Morgan fingerprint density at radius 3 is 2.45 bits per heavy atom. The van der Waals surface area contributed by atoms with Crippen molar-refractivity contribution in [1.82, 2.24) is 15.5 Å². The van der Waals surface area contributed by atoms with Crippen molar-refractivity contribution in [3.63, 3.8) is 0 Å². The van der Waals surface area contributed by atoms with Gasteiger partial charge >= 0.3 is 12.0 Å². The number of hydrogen-bond acceptors (Lipinski definition) is 8. The van der Waals surface area contributed by atoms with Gasteiger partial charge in [0.05, 0.1) is 32.0 Å². The van der Waals surface area contributed by atoms with Gasteiger partial charge in [-0.05, 0) is 43.0 Å². The van der Waals surface area contributed by atoms with Crippen molar-refractivity contribution in [2.24, 2.45) is 0 Å². The van der Waals surface area contributed by atoms with E-state index in [0.717, 1.165) is 61.2 Å². The number of nitrogens with one attached hydrogen (secondary N) is 2. The fourth-order valence-corrected chi connectivity index (χ4v) is 5.21. The molecule has 2 heterocycles. The SMILES string of the molecule is CCOC(=O)CNC(=O)NCc1ccc([C@H]2O[C@@H](CN3CCC[C@H]3COC)C[C@@H](c3ccc(CO)cc3)O2)cc1. The Kier molecular flexibility index (Phi) is 11.3. The van der Waals surface area contributed by atoms with Crippen LogP contribution >= 0.6 is 0 Å². The Hall–Kier alpha value is -3.02. The molecule has 2 fully saturated rings. The lowest BCUT2D eigenvalue weighted by atomic mass is 9.99. The summed E-state index contributed by atoms with van der Waals surface area (Å²) in [4.78, 5) is 25.9. The molecule has 10 nitrogen and oxygen atoms in total. The largest absolute Gasteiger partial charge is 0.465 e. The minimum absolute atomic E-state index is 0.00424. The quantitative estimate of drug-likeness (QED) is 0.342. The van der Waals surface area contributed by atoms with Gasteiger partial charge in [0.25, 0.3) is 0 Å². The Morgan fingerprint density at radius 2 is 1.75 bits per heavy atom. The van der Waals surface area contributed by atoms with E-state index in [1.165, 1.54) is 0 Å². The molecule has 0 radical (unpaired) electrons. The zero-order valence-corrected chi connectivity index (χ0v) is 23.3. The zero-order chi connectivity index (χ0) is 28.3. The molecule has 0 unspecified atom stereocenters. The number of carbonyl (C=O) groups excluding carboxylic acids is 2. The van der Waals surface area contributed by atoms with Crippen LogP contribution < -0.4 is 10.6 Å². The fourth-order valence-electron chi connectivity index (χ4n) is 5.21. The predicted molar refractivity (Wildman–Crippen MR) is 148 cm³/mol. The molecule has 0 saturated carbocycles. The van der Waals surface area contributed by atoms with Crippen LogP contribution in [0.25, 0.3) is 0 Å². The summed E-state index contributed by atoms with van der Waals surface area (Å²) in [6.45, 7) is 4.68. The molecule has 2 aromatic carbocycles. The van der Waals surface area contributed by atoms with Crippen LogP contribution in [0.4, 0.5) is 4.79 Å². The molecule has 10 heteroatoms. The third-order valence-electron chi connectivity index (χ3n) is 7.31. The van der Waals surface area contributed by atoms with Crippen LogP contribution in [0.5, 0.6) is 0 Å². The van der Waals surface area contributed by atoms with E-state index in [0.29, 0.717) is 12.6 Å². The lowest BCUT2D eigenvalue weighted by Crippen LogP contribution is -2.42. The maximum atomic E-state index is 12.0. The summed E-state index contributed by atoms with van der Waals surface area (Å²) in [6.07, 6.45) is 2.30. The second-order valence-corrected chi connectivity index (χ2v) is 10.2. The average molecular weight is 556 g/mol. The summed E-state index contributed by atoms with van der Waals surface area (Å²) in [5.74, 6) is -0.477. The summed E-state index contributed by atoms with van der Waals surface area (Å²) < 4.78 is 23.2. The van der Waals surface area contributed by atoms with E-state index in [4.69, 9.17) is 18.9 Å². The van der Waals surface area contributed by atoms with E-state index < -0.39 is 18.3 Å². The van der Waals surface area contributed by atoms with Crippen molar-refractivity contribution < 1.29 is 33.6 Å².